The molecule has 0 aromatic heterocycles. The fraction of sp³-hybridized carbons (Fsp3) is 0.562. The smallest absolute Gasteiger partial charge is 0.251 e. The molecule has 0 aliphatic carbocycles. The molecule has 2 heterocycles. The highest BCUT2D eigenvalue weighted by molar-refractivity contribution is 9.10. The van der Waals surface area contributed by atoms with Crippen LogP contribution in [0.2, 0.25) is 0 Å². The van der Waals surface area contributed by atoms with E-state index >= 15 is 0 Å². The van der Waals surface area contributed by atoms with Crippen molar-refractivity contribution in [3.63, 3.8) is 0 Å². The summed E-state index contributed by atoms with van der Waals surface area (Å²) < 4.78 is 0.774. The molecular weight excluding hydrogens is 330 g/mol. The first kappa shape index (κ1) is 14.9. The molecule has 0 spiro atoms. The summed E-state index contributed by atoms with van der Waals surface area (Å²) in [5, 5.41) is 3.20. The Labute approximate surface area is 134 Å². The van der Waals surface area contributed by atoms with Crippen molar-refractivity contribution in [1.82, 2.24) is 10.2 Å². The van der Waals surface area contributed by atoms with E-state index in [0.717, 1.165) is 17.3 Å². The number of nitrogens with two attached hydrogens (primary N) is 1. The zero-order valence-corrected chi connectivity index (χ0v) is 13.9. The standard InChI is InChI=1S/C16H22BrN3O/c1-20-12-3-2-4-13(20)9-11(8-12)19-16(21)10-5-6-15(18)14(17)7-10/h5-7,11-13H,2-4,8-9,18H2,1H3,(H,19,21). The Morgan fingerprint density at radius 1 is 1.33 bits per heavy atom. The van der Waals surface area contributed by atoms with Crippen molar-refractivity contribution in [2.75, 3.05) is 12.8 Å². The first-order valence-electron chi connectivity index (χ1n) is 7.62. The number of carbonyl (C=O) groups excluding carboxylic acids is 1. The number of hydrogen-bond acceptors (Lipinski definition) is 3. The summed E-state index contributed by atoms with van der Waals surface area (Å²) in [6.07, 6.45) is 5.97. The van der Waals surface area contributed by atoms with E-state index in [1.54, 1.807) is 18.2 Å². The summed E-state index contributed by atoms with van der Waals surface area (Å²) in [5.41, 5.74) is 7.09. The Morgan fingerprint density at radius 2 is 2.00 bits per heavy atom. The third kappa shape index (κ3) is 3.09. The van der Waals surface area contributed by atoms with Gasteiger partial charge in [0, 0.05) is 33.8 Å². The van der Waals surface area contributed by atoms with Gasteiger partial charge in [0.25, 0.3) is 5.91 Å². The second kappa shape index (κ2) is 5.97. The molecule has 1 amide bonds. The molecule has 2 fully saturated rings. The second-order valence-electron chi connectivity index (χ2n) is 6.28. The number of nitrogens with one attached hydrogen (secondary N) is 1. The molecule has 4 nitrogen and oxygen atoms in total. The van der Waals surface area contributed by atoms with E-state index in [1.807, 2.05) is 0 Å². The van der Waals surface area contributed by atoms with Crippen LogP contribution in [-0.4, -0.2) is 36.0 Å². The number of carbonyl (C=O) groups is 1. The molecule has 5 heteroatoms. The number of nitrogens with zero attached hydrogens (tertiary/aromatic N) is 1. The fourth-order valence-corrected chi connectivity index (χ4v) is 4.05. The van der Waals surface area contributed by atoms with Crippen LogP contribution in [0.5, 0.6) is 0 Å². The van der Waals surface area contributed by atoms with Gasteiger partial charge in [0.2, 0.25) is 0 Å². The van der Waals surface area contributed by atoms with E-state index in [1.165, 1.54) is 19.3 Å². The highest BCUT2D eigenvalue weighted by Crippen LogP contribution is 2.32. The van der Waals surface area contributed by atoms with Gasteiger partial charge in [-0.1, -0.05) is 6.42 Å². The molecule has 2 aliphatic heterocycles. The van der Waals surface area contributed by atoms with Gasteiger partial charge in [0.15, 0.2) is 0 Å². The number of hydrogen-bond donors (Lipinski definition) is 2. The summed E-state index contributed by atoms with van der Waals surface area (Å²) in [7, 11) is 2.23. The normalized spacial score (nSPS) is 29.1. The van der Waals surface area contributed by atoms with Gasteiger partial charge in [-0.3, -0.25) is 4.79 Å². The van der Waals surface area contributed by atoms with Gasteiger partial charge in [-0.2, -0.15) is 0 Å². The number of halogens is 1. The van der Waals surface area contributed by atoms with Crippen LogP contribution in [-0.2, 0) is 0 Å². The van der Waals surface area contributed by atoms with Gasteiger partial charge in [0.1, 0.15) is 0 Å². The molecule has 114 valence electrons. The lowest BCUT2D eigenvalue weighted by Crippen LogP contribution is -2.55. The Morgan fingerprint density at radius 3 is 2.62 bits per heavy atom. The van der Waals surface area contributed by atoms with Gasteiger partial charge in [0.05, 0.1) is 0 Å². The SMILES string of the molecule is CN1C2CCCC1CC(NC(=O)c1ccc(N)c(Br)c1)C2. The molecule has 2 atom stereocenters. The molecule has 21 heavy (non-hydrogen) atoms. The Balaban J connectivity index is 1.66. The minimum absolute atomic E-state index is 0.00308. The zero-order valence-electron chi connectivity index (χ0n) is 12.3. The average molecular weight is 352 g/mol. The predicted octanol–water partition coefficient (Wildman–Crippen LogP) is 2.78. The minimum atomic E-state index is 0.00308. The first-order chi connectivity index (χ1) is 10.0. The Bertz CT molecular complexity index is 534. The highest BCUT2D eigenvalue weighted by atomic mass is 79.9. The van der Waals surface area contributed by atoms with Crippen LogP contribution in [0.25, 0.3) is 0 Å². The van der Waals surface area contributed by atoms with Gasteiger partial charge in [-0.15, -0.1) is 0 Å². The molecule has 2 bridgehead atoms. The maximum atomic E-state index is 12.4. The third-order valence-electron chi connectivity index (χ3n) is 4.94. The quantitative estimate of drug-likeness (QED) is 0.805. The zero-order chi connectivity index (χ0) is 15.0. The number of anilines is 1. The van der Waals surface area contributed by atoms with Crippen molar-refractivity contribution in [2.45, 2.75) is 50.2 Å². The number of rotatable bonds is 2. The molecule has 3 N–H and O–H groups in total. The predicted molar refractivity (Wildman–Crippen MR) is 88.2 cm³/mol. The number of benzene rings is 1. The van der Waals surface area contributed by atoms with Crippen molar-refractivity contribution in [2.24, 2.45) is 0 Å². The summed E-state index contributed by atoms with van der Waals surface area (Å²) in [6.45, 7) is 0. The summed E-state index contributed by atoms with van der Waals surface area (Å²) in [6, 6.07) is 6.89. The van der Waals surface area contributed by atoms with Crippen LogP contribution in [0.4, 0.5) is 5.69 Å². The van der Waals surface area contributed by atoms with Crippen molar-refractivity contribution < 1.29 is 4.79 Å². The van der Waals surface area contributed by atoms with E-state index in [-0.39, 0.29) is 5.91 Å². The second-order valence-corrected chi connectivity index (χ2v) is 7.14. The molecule has 0 radical (unpaired) electrons. The summed E-state index contributed by atoms with van der Waals surface area (Å²) in [4.78, 5) is 14.9. The van der Waals surface area contributed by atoms with Crippen molar-refractivity contribution in [1.29, 1.82) is 0 Å². The van der Waals surface area contributed by atoms with Gasteiger partial charge >= 0.3 is 0 Å². The molecule has 1 aromatic rings. The third-order valence-corrected chi connectivity index (χ3v) is 5.62. The van der Waals surface area contributed by atoms with E-state index in [9.17, 15) is 4.79 Å². The summed E-state index contributed by atoms with van der Waals surface area (Å²) in [5.74, 6) is 0.00308. The number of nitrogen functional groups attached to an aromatic ring is 1. The molecule has 0 saturated carbocycles. The molecule has 1 aromatic carbocycles. The minimum Gasteiger partial charge on any atom is -0.398 e. The van der Waals surface area contributed by atoms with Crippen molar-refractivity contribution >= 4 is 27.5 Å². The average Bonchev–Trinajstić information content (AvgIpc) is 2.43. The number of piperidine rings is 2. The van der Waals surface area contributed by atoms with E-state index < -0.39 is 0 Å². The van der Waals surface area contributed by atoms with Crippen molar-refractivity contribution in [3.8, 4) is 0 Å². The van der Waals surface area contributed by atoms with E-state index in [0.29, 0.717) is 29.4 Å². The van der Waals surface area contributed by atoms with Crippen LogP contribution >= 0.6 is 15.9 Å². The van der Waals surface area contributed by atoms with Gasteiger partial charge < -0.3 is 16.0 Å². The van der Waals surface area contributed by atoms with E-state index in [2.05, 4.69) is 33.2 Å². The lowest BCUT2D eigenvalue weighted by molar-refractivity contribution is 0.0463. The van der Waals surface area contributed by atoms with Crippen LogP contribution in [0.1, 0.15) is 42.5 Å². The first-order valence-corrected chi connectivity index (χ1v) is 8.41. The fourth-order valence-electron chi connectivity index (χ4n) is 3.67. The maximum Gasteiger partial charge on any atom is 0.251 e. The lowest BCUT2D eigenvalue weighted by Gasteiger charge is -2.47. The Hall–Kier alpha value is -1.07. The molecule has 2 saturated heterocycles. The number of fused-ring (bicyclic) bond motifs is 2. The molecule has 3 rings (SSSR count). The summed E-state index contributed by atoms with van der Waals surface area (Å²) >= 11 is 3.38. The highest BCUT2D eigenvalue weighted by Gasteiger charge is 2.36. The largest absolute Gasteiger partial charge is 0.398 e. The molecular formula is C16H22BrN3O. The molecule has 2 aliphatic rings. The van der Waals surface area contributed by atoms with Crippen LogP contribution in [0.15, 0.2) is 22.7 Å². The van der Waals surface area contributed by atoms with Crippen molar-refractivity contribution in [3.05, 3.63) is 28.2 Å². The van der Waals surface area contributed by atoms with E-state index in [4.69, 9.17) is 5.73 Å². The molecule has 2 unspecified atom stereocenters. The maximum absolute atomic E-state index is 12.4. The van der Waals surface area contributed by atoms with Gasteiger partial charge in [-0.25, -0.2) is 0 Å². The monoisotopic (exact) mass is 351 g/mol. The topological polar surface area (TPSA) is 58.4 Å². The van der Waals surface area contributed by atoms with Gasteiger partial charge in [-0.05, 0) is 66.9 Å². The lowest BCUT2D eigenvalue weighted by atomic mass is 9.82. The Kier molecular flexibility index (Phi) is 4.22. The van der Waals surface area contributed by atoms with Crippen LogP contribution in [0, 0.1) is 0 Å². The number of amides is 1. The van der Waals surface area contributed by atoms with Crippen LogP contribution < -0.4 is 11.1 Å². The van der Waals surface area contributed by atoms with Crippen LogP contribution in [0.3, 0.4) is 0 Å².